The van der Waals surface area contributed by atoms with Crippen LogP contribution in [0.1, 0.15) is 56.5 Å². The predicted octanol–water partition coefficient (Wildman–Crippen LogP) is 3.26. The Labute approximate surface area is 149 Å². The van der Waals surface area contributed by atoms with Crippen molar-refractivity contribution in [1.82, 2.24) is 10.2 Å². The molecule has 25 heavy (non-hydrogen) atoms. The van der Waals surface area contributed by atoms with Crippen molar-refractivity contribution in [3.8, 4) is 0 Å². The second kappa shape index (κ2) is 7.44. The molecule has 0 aliphatic carbocycles. The fraction of sp³-hybridized carbons (Fsp3) is 0.579. The van der Waals surface area contributed by atoms with Gasteiger partial charge in [0.05, 0.1) is 5.56 Å². The van der Waals surface area contributed by atoms with E-state index in [0.29, 0.717) is 25.2 Å². The molecule has 2 N–H and O–H groups in total. The van der Waals surface area contributed by atoms with Crippen molar-refractivity contribution in [2.75, 3.05) is 13.1 Å². The molecule has 1 aliphatic rings. The molecule has 1 fully saturated rings. The molecule has 0 radical (unpaired) electrons. The van der Waals surface area contributed by atoms with Gasteiger partial charge in [-0.1, -0.05) is 12.1 Å². The summed E-state index contributed by atoms with van der Waals surface area (Å²) in [5.74, 6) is -0.916. The number of aromatic carboxylic acids is 1. The Kier molecular flexibility index (Phi) is 5.72. The summed E-state index contributed by atoms with van der Waals surface area (Å²) in [5, 5.41) is 12.5. The molecule has 1 aliphatic heterocycles. The minimum absolute atomic E-state index is 0.0516. The summed E-state index contributed by atoms with van der Waals surface area (Å²) in [6.45, 7) is 9.77. The maximum atomic E-state index is 12.1. The second-order valence-corrected chi connectivity index (χ2v) is 7.88. The van der Waals surface area contributed by atoms with Crippen LogP contribution in [0.15, 0.2) is 24.3 Å². The number of benzene rings is 1. The maximum absolute atomic E-state index is 12.1. The van der Waals surface area contributed by atoms with E-state index in [0.717, 1.165) is 18.4 Å². The molecule has 0 unspecified atom stereocenters. The zero-order chi connectivity index (χ0) is 18.7. The van der Waals surface area contributed by atoms with E-state index in [1.165, 1.54) is 0 Å². The van der Waals surface area contributed by atoms with Crippen molar-refractivity contribution in [2.24, 2.45) is 0 Å². The molecule has 138 valence electrons. The van der Waals surface area contributed by atoms with E-state index in [-0.39, 0.29) is 11.6 Å². The van der Waals surface area contributed by atoms with Crippen molar-refractivity contribution in [3.63, 3.8) is 0 Å². The molecule has 0 bridgehead atoms. The maximum Gasteiger partial charge on any atom is 0.410 e. The van der Waals surface area contributed by atoms with Crippen LogP contribution in [0.25, 0.3) is 0 Å². The Hall–Kier alpha value is -2.08. The topological polar surface area (TPSA) is 78.9 Å². The zero-order valence-electron chi connectivity index (χ0n) is 15.5. The summed E-state index contributed by atoms with van der Waals surface area (Å²) in [4.78, 5) is 24.8. The number of carbonyl (C=O) groups is 2. The average Bonchev–Trinajstić information content (AvgIpc) is 2.52. The molecular formula is C19H28N2O4. The molecule has 0 saturated carbocycles. The van der Waals surface area contributed by atoms with Gasteiger partial charge in [-0.25, -0.2) is 9.59 Å². The lowest BCUT2D eigenvalue weighted by molar-refractivity contribution is 0.0156. The molecule has 0 spiro atoms. The first-order chi connectivity index (χ1) is 11.6. The van der Waals surface area contributed by atoms with Gasteiger partial charge in [-0.2, -0.15) is 0 Å². The summed E-state index contributed by atoms with van der Waals surface area (Å²) >= 11 is 0. The van der Waals surface area contributed by atoms with Gasteiger partial charge in [0.25, 0.3) is 0 Å². The number of rotatable bonds is 4. The van der Waals surface area contributed by atoms with Crippen molar-refractivity contribution in [2.45, 2.75) is 58.2 Å². The third kappa shape index (κ3) is 5.74. The van der Waals surface area contributed by atoms with E-state index >= 15 is 0 Å². The van der Waals surface area contributed by atoms with Crippen LogP contribution in [-0.2, 0) is 11.3 Å². The SMILES string of the molecule is CC1(NCc2ccc(C(=O)O)cc2)CCN(C(=O)OC(C)(C)C)CC1. The van der Waals surface area contributed by atoms with Crippen LogP contribution in [0.2, 0.25) is 0 Å². The van der Waals surface area contributed by atoms with E-state index in [1.54, 1.807) is 17.0 Å². The van der Waals surface area contributed by atoms with Gasteiger partial charge in [0, 0.05) is 25.2 Å². The average molecular weight is 348 g/mol. The number of amides is 1. The van der Waals surface area contributed by atoms with Crippen molar-refractivity contribution >= 4 is 12.1 Å². The highest BCUT2D eigenvalue weighted by atomic mass is 16.6. The van der Waals surface area contributed by atoms with E-state index in [4.69, 9.17) is 9.84 Å². The van der Waals surface area contributed by atoms with Crippen LogP contribution < -0.4 is 5.32 Å². The van der Waals surface area contributed by atoms with Crippen LogP contribution in [0.4, 0.5) is 4.79 Å². The Bertz CT molecular complexity index is 611. The number of piperidine rings is 1. The summed E-state index contributed by atoms with van der Waals surface area (Å²) in [6.07, 6.45) is 1.44. The second-order valence-electron chi connectivity index (χ2n) is 7.88. The first-order valence-electron chi connectivity index (χ1n) is 8.63. The van der Waals surface area contributed by atoms with Crippen molar-refractivity contribution in [3.05, 3.63) is 35.4 Å². The Morgan fingerprint density at radius 1 is 1.20 bits per heavy atom. The number of hydrogen-bond acceptors (Lipinski definition) is 4. The van der Waals surface area contributed by atoms with Crippen LogP contribution in [0.3, 0.4) is 0 Å². The Balaban J connectivity index is 1.84. The Morgan fingerprint density at radius 2 is 1.76 bits per heavy atom. The molecule has 1 heterocycles. The van der Waals surface area contributed by atoms with E-state index in [2.05, 4.69) is 12.2 Å². The van der Waals surface area contributed by atoms with Crippen LogP contribution >= 0.6 is 0 Å². The van der Waals surface area contributed by atoms with Gasteiger partial charge < -0.3 is 20.1 Å². The summed E-state index contributed by atoms with van der Waals surface area (Å²) < 4.78 is 5.42. The molecule has 0 aromatic heterocycles. The molecule has 6 nitrogen and oxygen atoms in total. The lowest BCUT2D eigenvalue weighted by atomic mass is 9.89. The van der Waals surface area contributed by atoms with Crippen LogP contribution in [0, 0.1) is 0 Å². The van der Waals surface area contributed by atoms with Crippen LogP contribution in [-0.4, -0.2) is 46.3 Å². The highest BCUT2D eigenvalue weighted by molar-refractivity contribution is 5.87. The first kappa shape index (κ1) is 19.2. The van der Waals surface area contributed by atoms with Gasteiger partial charge in [0.15, 0.2) is 0 Å². The third-order valence-corrected chi connectivity index (χ3v) is 4.44. The minimum atomic E-state index is -0.916. The van der Waals surface area contributed by atoms with Gasteiger partial charge in [-0.05, 0) is 58.2 Å². The number of nitrogens with one attached hydrogen (secondary N) is 1. The standard InChI is InChI=1S/C19H28N2O4/c1-18(2,3)25-17(24)21-11-9-19(4,10-12-21)20-13-14-5-7-15(8-6-14)16(22)23/h5-8,20H,9-13H2,1-4H3,(H,22,23). The molecule has 1 aromatic rings. The molecule has 0 atom stereocenters. The zero-order valence-corrected chi connectivity index (χ0v) is 15.5. The van der Waals surface area contributed by atoms with E-state index in [1.807, 2.05) is 32.9 Å². The Morgan fingerprint density at radius 3 is 2.24 bits per heavy atom. The molecule has 1 saturated heterocycles. The number of carboxylic acids is 1. The first-order valence-corrected chi connectivity index (χ1v) is 8.63. The number of carboxylic acid groups (broad SMARTS) is 1. The van der Waals surface area contributed by atoms with Gasteiger partial charge in [0.2, 0.25) is 0 Å². The van der Waals surface area contributed by atoms with Gasteiger partial charge in [-0.15, -0.1) is 0 Å². The fourth-order valence-electron chi connectivity index (χ4n) is 2.77. The third-order valence-electron chi connectivity index (χ3n) is 4.44. The van der Waals surface area contributed by atoms with E-state index in [9.17, 15) is 9.59 Å². The lowest BCUT2D eigenvalue weighted by Gasteiger charge is -2.40. The summed E-state index contributed by atoms with van der Waals surface area (Å²) in [6, 6.07) is 6.89. The quantitative estimate of drug-likeness (QED) is 0.873. The van der Waals surface area contributed by atoms with Crippen molar-refractivity contribution < 1.29 is 19.4 Å². The summed E-state index contributed by atoms with van der Waals surface area (Å²) in [5.41, 5.74) is 0.809. The van der Waals surface area contributed by atoms with Crippen molar-refractivity contribution in [1.29, 1.82) is 0 Å². The molecule has 6 heteroatoms. The molecule has 2 rings (SSSR count). The largest absolute Gasteiger partial charge is 0.478 e. The number of ether oxygens (including phenoxy) is 1. The smallest absolute Gasteiger partial charge is 0.410 e. The van der Waals surface area contributed by atoms with E-state index < -0.39 is 11.6 Å². The lowest BCUT2D eigenvalue weighted by Crippen LogP contribution is -2.53. The fourth-order valence-corrected chi connectivity index (χ4v) is 2.77. The summed E-state index contributed by atoms with van der Waals surface area (Å²) in [7, 11) is 0. The number of nitrogens with zero attached hydrogens (tertiary/aromatic N) is 1. The highest BCUT2D eigenvalue weighted by Crippen LogP contribution is 2.24. The number of carbonyl (C=O) groups excluding carboxylic acids is 1. The van der Waals surface area contributed by atoms with Crippen LogP contribution in [0.5, 0.6) is 0 Å². The van der Waals surface area contributed by atoms with Gasteiger partial charge in [0.1, 0.15) is 5.60 Å². The minimum Gasteiger partial charge on any atom is -0.478 e. The highest BCUT2D eigenvalue weighted by Gasteiger charge is 2.33. The number of likely N-dealkylation sites (tertiary alicyclic amines) is 1. The van der Waals surface area contributed by atoms with Gasteiger partial charge >= 0.3 is 12.1 Å². The normalized spacial score (nSPS) is 17.2. The molecule has 1 amide bonds. The molecular weight excluding hydrogens is 320 g/mol. The monoisotopic (exact) mass is 348 g/mol. The number of hydrogen-bond donors (Lipinski definition) is 2. The van der Waals surface area contributed by atoms with Gasteiger partial charge in [-0.3, -0.25) is 0 Å². The molecule has 1 aromatic carbocycles. The predicted molar refractivity (Wildman–Crippen MR) is 95.7 cm³/mol.